The molecule has 0 saturated heterocycles. The molecule has 0 fully saturated rings. The van der Waals surface area contributed by atoms with Gasteiger partial charge < -0.3 is 0 Å². The van der Waals surface area contributed by atoms with Gasteiger partial charge >= 0.3 is 0 Å². The Morgan fingerprint density at radius 3 is 2.43 bits per heavy atom. The van der Waals surface area contributed by atoms with Crippen LogP contribution in [0, 0.1) is 0 Å². The van der Waals surface area contributed by atoms with Gasteiger partial charge in [0.25, 0.3) is 0 Å². The first kappa shape index (κ1) is 14.2. The Morgan fingerprint density at radius 1 is 0.870 bits per heavy atom. The van der Waals surface area contributed by atoms with E-state index in [0.717, 1.165) is 28.2 Å². The quantitative estimate of drug-likeness (QED) is 0.397. The summed E-state index contributed by atoms with van der Waals surface area (Å²) < 4.78 is 0. The number of rotatable bonds is 2. The molecule has 0 aliphatic rings. The molecule has 4 aromatic rings. The molecule has 23 heavy (non-hydrogen) atoms. The van der Waals surface area contributed by atoms with Gasteiger partial charge in [0.05, 0.1) is 11.2 Å². The molecule has 0 aliphatic heterocycles. The Labute approximate surface area is 140 Å². The molecule has 1 nitrogen and oxygen atoms in total. The molecule has 1 aromatic heterocycles. The van der Waals surface area contributed by atoms with Crippen molar-refractivity contribution in [3.05, 3.63) is 77.3 Å². The molecule has 0 spiro atoms. The van der Waals surface area contributed by atoms with Gasteiger partial charge in [0.1, 0.15) is 0 Å². The number of benzene rings is 3. The van der Waals surface area contributed by atoms with E-state index in [2.05, 4.69) is 49.4 Å². The zero-order valence-electron chi connectivity index (χ0n) is 12.9. The number of fused-ring (bicyclic) bond motifs is 3. The summed E-state index contributed by atoms with van der Waals surface area (Å²) in [6.07, 6.45) is 0.949. The highest BCUT2D eigenvalue weighted by molar-refractivity contribution is 6.30. The lowest BCUT2D eigenvalue weighted by Gasteiger charge is -2.11. The summed E-state index contributed by atoms with van der Waals surface area (Å²) in [5.74, 6) is 0. The highest BCUT2D eigenvalue weighted by Crippen LogP contribution is 2.31. The Morgan fingerprint density at radius 2 is 1.65 bits per heavy atom. The van der Waals surface area contributed by atoms with Crippen molar-refractivity contribution in [1.29, 1.82) is 0 Å². The first-order valence-electron chi connectivity index (χ1n) is 7.83. The topological polar surface area (TPSA) is 12.9 Å². The molecule has 1 heterocycles. The van der Waals surface area contributed by atoms with Crippen LogP contribution in [0.4, 0.5) is 0 Å². The van der Waals surface area contributed by atoms with Crippen LogP contribution in [0.5, 0.6) is 0 Å². The van der Waals surface area contributed by atoms with Crippen molar-refractivity contribution in [2.24, 2.45) is 0 Å². The molecule has 112 valence electrons. The van der Waals surface area contributed by atoms with E-state index in [0.29, 0.717) is 0 Å². The second kappa shape index (κ2) is 5.68. The normalized spacial score (nSPS) is 11.2. The van der Waals surface area contributed by atoms with Crippen LogP contribution < -0.4 is 0 Å². The van der Waals surface area contributed by atoms with Gasteiger partial charge in [-0.2, -0.15) is 0 Å². The second-order valence-corrected chi connectivity index (χ2v) is 6.15. The second-order valence-electron chi connectivity index (χ2n) is 5.71. The molecular weight excluding hydrogens is 302 g/mol. The van der Waals surface area contributed by atoms with Gasteiger partial charge in [0.15, 0.2) is 0 Å². The number of hydrogen-bond donors (Lipinski definition) is 0. The van der Waals surface area contributed by atoms with E-state index < -0.39 is 0 Å². The minimum absolute atomic E-state index is 0.749. The van der Waals surface area contributed by atoms with Crippen molar-refractivity contribution in [1.82, 2.24) is 4.98 Å². The zero-order chi connectivity index (χ0) is 15.8. The number of hydrogen-bond acceptors (Lipinski definition) is 1. The van der Waals surface area contributed by atoms with Crippen LogP contribution in [0.2, 0.25) is 5.02 Å². The molecule has 0 amide bonds. The Hall–Kier alpha value is -2.38. The Bertz CT molecular complexity index is 1000. The molecule has 0 atom stereocenters. The van der Waals surface area contributed by atoms with E-state index in [1.807, 2.05) is 24.3 Å². The first-order valence-corrected chi connectivity index (χ1v) is 8.21. The van der Waals surface area contributed by atoms with Crippen LogP contribution in [-0.4, -0.2) is 4.98 Å². The maximum absolute atomic E-state index is 6.01. The lowest BCUT2D eigenvalue weighted by molar-refractivity contribution is 1.12. The average Bonchev–Trinajstić information content (AvgIpc) is 2.61. The lowest BCUT2D eigenvalue weighted by Crippen LogP contribution is -1.94. The maximum atomic E-state index is 6.01. The van der Waals surface area contributed by atoms with Crippen molar-refractivity contribution in [2.75, 3.05) is 0 Å². The molecule has 4 rings (SSSR count). The Balaban J connectivity index is 2.02. The molecular formula is C21H16ClN. The van der Waals surface area contributed by atoms with E-state index in [9.17, 15) is 0 Å². The Kier molecular flexibility index (Phi) is 3.51. The number of aromatic nitrogens is 1. The summed E-state index contributed by atoms with van der Waals surface area (Å²) >= 11 is 6.01. The zero-order valence-corrected chi connectivity index (χ0v) is 13.6. The van der Waals surface area contributed by atoms with Gasteiger partial charge in [0, 0.05) is 16.0 Å². The minimum atomic E-state index is 0.749. The van der Waals surface area contributed by atoms with Gasteiger partial charge in [-0.1, -0.05) is 61.0 Å². The molecule has 2 heteroatoms. The third kappa shape index (κ3) is 2.47. The van der Waals surface area contributed by atoms with E-state index in [1.54, 1.807) is 0 Å². The smallest absolute Gasteiger partial charge is 0.0741 e. The molecule has 0 radical (unpaired) electrons. The summed E-state index contributed by atoms with van der Waals surface area (Å²) in [6.45, 7) is 2.17. The summed E-state index contributed by atoms with van der Waals surface area (Å²) in [7, 11) is 0. The largest absolute Gasteiger partial charge is 0.247 e. The summed E-state index contributed by atoms with van der Waals surface area (Å²) in [4.78, 5) is 4.95. The van der Waals surface area contributed by atoms with E-state index in [1.165, 1.54) is 21.7 Å². The van der Waals surface area contributed by atoms with Crippen molar-refractivity contribution < 1.29 is 0 Å². The standard InChI is InChI=1S/C21H16ClN/c1-2-14-13-19-18-6-4-3-5-15(18)9-12-20(19)23-21(14)16-7-10-17(22)11-8-16/h3-13H,2H2,1H3. The molecule has 3 aromatic carbocycles. The predicted octanol–water partition coefficient (Wildman–Crippen LogP) is 6.27. The van der Waals surface area contributed by atoms with Gasteiger partial charge in [-0.25, -0.2) is 4.98 Å². The van der Waals surface area contributed by atoms with Crippen LogP contribution in [0.1, 0.15) is 12.5 Å². The third-order valence-electron chi connectivity index (χ3n) is 4.30. The van der Waals surface area contributed by atoms with E-state index in [4.69, 9.17) is 16.6 Å². The van der Waals surface area contributed by atoms with E-state index >= 15 is 0 Å². The van der Waals surface area contributed by atoms with Crippen LogP contribution >= 0.6 is 11.6 Å². The number of pyridine rings is 1. The van der Waals surface area contributed by atoms with Gasteiger partial charge in [-0.15, -0.1) is 0 Å². The summed E-state index contributed by atoms with van der Waals surface area (Å²) in [5, 5.41) is 4.48. The molecule has 0 N–H and O–H groups in total. The molecule has 0 aliphatic carbocycles. The van der Waals surface area contributed by atoms with Gasteiger partial charge in [0.2, 0.25) is 0 Å². The fourth-order valence-corrected chi connectivity index (χ4v) is 3.22. The van der Waals surface area contributed by atoms with Gasteiger partial charge in [-0.3, -0.25) is 0 Å². The highest BCUT2D eigenvalue weighted by Gasteiger charge is 2.10. The van der Waals surface area contributed by atoms with Crippen molar-refractivity contribution in [3.63, 3.8) is 0 Å². The first-order chi connectivity index (χ1) is 11.3. The maximum Gasteiger partial charge on any atom is 0.0741 e. The van der Waals surface area contributed by atoms with Crippen molar-refractivity contribution >= 4 is 33.3 Å². The molecule has 0 unspecified atom stereocenters. The van der Waals surface area contributed by atoms with E-state index in [-0.39, 0.29) is 0 Å². The minimum Gasteiger partial charge on any atom is -0.247 e. The van der Waals surface area contributed by atoms with Crippen LogP contribution in [0.3, 0.4) is 0 Å². The van der Waals surface area contributed by atoms with Crippen molar-refractivity contribution in [2.45, 2.75) is 13.3 Å². The van der Waals surface area contributed by atoms with Crippen molar-refractivity contribution in [3.8, 4) is 11.3 Å². The van der Waals surface area contributed by atoms with Crippen LogP contribution in [0.25, 0.3) is 32.9 Å². The average molecular weight is 318 g/mol. The number of nitrogens with zero attached hydrogens (tertiary/aromatic N) is 1. The monoisotopic (exact) mass is 317 g/mol. The molecule has 0 saturated carbocycles. The van der Waals surface area contributed by atoms with Crippen LogP contribution in [-0.2, 0) is 6.42 Å². The summed E-state index contributed by atoms with van der Waals surface area (Å²) in [5.41, 5.74) is 4.45. The molecule has 0 bridgehead atoms. The number of aryl methyl sites for hydroxylation is 1. The third-order valence-corrected chi connectivity index (χ3v) is 4.55. The number of halogens is 1. The fourth-order valence-electron chi connectivity index (χ4n) is 3.10. The van der Waals surface area contributed by atoms with Crippen LogP contribution in [0.15, 0.2) is 66.7 Å². The summed E-state index contributed by atoms with van der Waals surface area (Å²) in [6, 6.07) is 22.9. The lowest BCUT2D eigenvalue weighted by atomic mass is 9.98. The highest BCUT2D eigenvalue weighted by atomic mass is 35.5. The fraction of sp³-hybridized carbons (Fsp3) is 0.0952. The SMILES string of the molecule is CCc1cc2c(ccc3ccccc32)nc1-c1ccc(Cl)cc1. The predicted molar refractivity (Wildman–Crippen MR) is 99.1 cm³/mol. The van der Waals surface area contributed by atoms with Gasteiger partial charge in [-0.05, 0) is 47.0 Å².